The Labute approximate surface area is 140 Å². The highest BCUT2D eigenvalue weighted by Crippen LogP contribution is 2.31. The van der Waals surface area contributed by atoms with Crippen LogP contribution in [0.2, 0.25) is 10.0 Å². The van der Waals surface area contributed by atoms with Crippen LogP contribution in [0.1, 0.15) is 5.56 Å². The summed E-state index contributed by atoms with van der Waals surface area (Å²) in [6.45, 7) is 0. The normalized spacial score (nSPS) is 10.9. The summed E-state index contributed by atoms with van der Waals surface area (Å²) in [5.41, 5.74) is 1.19. The van der Waals surface area contributed by atoms with Crippen molar-refractivity contribution in [3.63, 3.8) is 0 Å². The fourth-order valence-electron chi connectivity index (χ4n) is 1.79. The van der Waals surface area contributed by atoms with Gasteiger partial charge in [-0.2, -0.15) is 0 Å². The van der Waals surface area contributed by atoms with E-state index in [4.69, 9.17) is 27.6 Å². The number of nitrogens with zero attached hydrogens (tertiary/aromatic N) is 2. The van der Waals surface area contributed by atoms with E-state index in [1.54, 1.807) is 36.4 Å². The van der Waals surface area contributed by atoms with Crippen molar-refractivity contribution in [3.05, 3.63) is 63.9 Å². The van der Waals surface area contributed by atoms with Gasteiger partial charge in [0.25, 0.3) is 5.22 Å². The number of hydrogen-bond donors (Lipinski definition) is 0. The van der Waals surface area contributed by atoms with E-state index in [-0.39, 0.29) is 5.82 Å². The molecule has 1 aromatic heterocycles. The second kappa shape index (κ2) is 6.69. The summed E-state index contributed by atoms with van der Waals surface area (Å²) in [5, 5.41) is 9.20. The van der Waals surface area contributed by atoms with Gasteiger partial charge in [0.05, 0.1) is 10.6 Å². The van der Waals surface area contributed by atoms with Gasteiger partial charge in [-0.05, 0) is 29.8 Å². The highest BCUT2D eigenvalue weighted by atomic mass is 35.5. The van der Waals surface area contributed by atoms with Crippen molar-refractivity contribution in [1.82, 2.24) is 10.2 Å². The van der Waals surface area contributed by atoms with Gasteiger partial charge in [-0.15, -0.1) is 10.2 Å². The van der Waals surface area contributed by atoms with Gasteiger partial charge in [0, 0.05) is 10.8 Å². The molecule has 112 valence electrons. The Kier molecular flexibility index (Phi) is 4.66. The number of thioether (sulfide) groups is 1. The van der Waals surface area contributed by atoms with Crippen molar-refractivity contribution in [2.75, 3.05) is 0 Å². The first-order valence-corrected chi connectivity index (χ1v) is 8.03. The summed E-state index contributed by atoms with van der Waals surface area (Å²) in [5.74, 6) is 0.455. The maximum atomic E-state index is 13.5. The zero-order valence-electron chi connectivity index (χ0n) is 11.1. The molecule has 0 spiro atoms. The first-order chi connectivity index (χ1) is 10.6. The molecule has 0 aliphatic carbocycles. The highest BCUT2D eigenvalue weighted by Gasteiger charge is 2.13. The molecule has 0 unspecified atom stereocenters. The van der Waals surface area contributed by atoms with Crippen LogP contribution in [0, 0.1) is 5.82 Å². The van der Waals surface area contributed by atoms with Crippen LogP contribution in [-0.2, 0) is 5.75 Å². The molecule has 0 amide bonds. The fraction of sp³-hybridized carbons (Fsp3) is 0.0667. The molecule has 0 fully saturated rings. The molecule has 0 bridgehead atoms. The summed E-state index contributed by atoms with van der Waals surface area (Å²) in [7, 11) is 0. The van der Waals surface area contributed by atoms with Crippen molar-refractivity contribution in [2.45, 2.75) is 11.0 Å². The van der Waals surface area contributed by atoms with Crippen molar-refractivity contribution in [2.24, 2.45) is 0 Å². The molecule has 0 aliphatic heterocycles. The number of aromatic nitrogens is 2. The summed E-state index contributed by atoms with van der Waals surface area (Å²) >= 11 is 13.2. The van der Waals surface area contributed by atoms with E-state index in [9.17, 15) is 4.39 Å². The van der Waals surface area contributed by atoms with Crippen LogP contribution in [0.25, 0.3) is 11.5 Å². The zero-order valence-corrected chi connectivity index (χ0v) is 13.4. The van der Waals surface area contributed by atoms with Crippen LogP contribution in [0.5, 0.6) is 0 Å². The monoisotopic (exact) mass is 354 g/mol. The number of benzene rings is 2. The van der Waals surface area contributed by atoms with Gasteiger partial charge >= 0.3 is 0 Å². The first kappa shape index (κ1) is 15.3. The summed E-state index contributed by atoms with van der Waals surface area (Å²) in [6, 6.07) is 11.6. The van der Waals surface area contributed by atoms with E-state index in [0.717, 1.165) is 0 Å². The molecule has 2 aromatic carbocycles. The second-order valence-corrected chi connectivity index (χ2v) is 6.15. The van der Waals surface area contributed by atoms with Crippen LogP contribution in [0.15, 0.2) is 52.1 Å². The molecule has 7 heteroatoms. The average molecular weight is 355 g/mol. The minimum absolute atomic E-state index is 0.254. The third-order valence-corrected chi connectivity index (χ3v) is 4.29. The molecular weight excluding hydrogens is 346 g/mol. The Hall–Kier alpha value is -1.56. The van der Waals surface area contributed by atoms with Gasteiger partial charge in [0.15, 0.2) is 0 Å². The predicted molar refractivity (Wildman–Crippen MR) is 85.7 cm³/mol. The van der Waals surface area contributed by atoms with E-state index in [1.165, 1.54) is 17.8 Å². The van der Waals surface area contributed by atoms with Crippen LogP contribution in [0.4, 0.5) is 4.39 Å². The van der Waals surface area contributed by atoms with Crippen LogP contribution in [-0.4, -0.2) is 10.2 Å². The van der Waals surface area contributed by atoms with Crippen LogP contribution >= 0.6 is 35.0 Å². The molecule has 0 N–H and O–H groups in total. The molecule has 3 nitrogen and oxygen atoms in total. The second-order valence-electron chi connectivity index (χ2n) is 4.38. The first-order valence-electron chi connectivity index (χ1n) is 6.28. The smallest absolute Gasteiger partial charge is 0.277 e. The molecule has 3 rings (SSSR count). The summed E-state index contributed by atoms with van der Waals surface area (Å²) < 4.78 is 19.1. The predicted octanol–water partition coefficient (Wildman–Crippen LogP) is 5.47. The number of halogens is 3. The summed E-state index contributed by atoms with van der Waals surface area (Å²) in [6.07, 6.45) is 0. The van der Waals surface area contributed by atoms with E-state index >= 15 is 0 Å². The summed E-state index contributed by atoms with van der Waals surface area (Å²) in [4.78, 5) is 0. The van der Waals surface area contributed by atoms with Gasteiger partial charge in [0.1, 0.15) is 5.82 Å². The standard InChI is InChI=1S/C15H9Cl2FN2OS/c16-10-5-6-11(12(17)7-10)14-19-20-15(21-14)22-8-9-3-1-2-4-13(9)18/h1-7H,8H2. The zero-order chi connectivity index (χ0) is 15.5. The van der Waals surface area contributed by atoms with Gasteiger partial charge in [-0.1, -0.05) is 53.2 Å². The fourth-order valence-corrected chi connectivity index (χ4v) is 3.03. The maximum absolute atomic E-state index is 13.5. The van der Waals surface area contributed by atoms with Gasteiger partial charge in [-0.3, -0.25) is 0 Å². The minimum atomic E-state index is -0.254. The maximum Gasteiger partial charge on any atom is 0.277 e. The largest absolute Gasteiger partial charge is 0.411 e. The van der Waals surface area contributed by atoms with E-state index < -0.39 is 0 Å². The van der Waals surface area contributed by atoms with Crippen molar-refractivity contribution in [3.8, 4) is 11.5 Å². The third kappa shape index (κ3) is 3.43. The van der Waals surface area contributed by atoms with Crippen molar-refractivity contribution < 1.29 is 8.81 Å². The lowest BCUT2D eigenvalue weighted by Gasteiger charge is -2.00. The molecular formula is C15H9Cl2FN2OS. The molecule has 22 heavy (non-hydrogen) atoms. The molecule has 0 saturated carbocycles. The number of rotatable bonds is 4. The Morgan fingerprint density at radius 2 is 1.91 bits per heavy atom. The molecule has 1 heterocycles. The van der Waals surface area contributed by atoms with Gasteiger partial charge in [-0.25, -0.2) is 4.39 Å². The molecule has 3 aromatic rings. The molecule has 0 aliphatic rings. The Bertz CT molecular complexity index is 810. The van der Waals surface area contributed by atoms with E-state index in [0.29, 0.717) is 38.0 Å². The number of hydrogen-bond acceptors (Lipinski definition) is 4. The lowest BCUT2D eigenvalue weighted by Crippen LogP contribution is -1.86. The minimum Gasteiger partial charge on any atom is -0.411 e. The van der Waals surface area contributed by atoms with E-state index in [2.05, 4.69) is 10.2 Å². The third-order valence-electron chi connectivity index (χ3n) is 2.88. The van der Waals surface area contributed by atoms with Gasteiger partial charge < -0.3 is 4.42 Å². The SMILES string of the molecule is Fc1ccccc1CSc1nnc(-c2ccc(Cl)cc2Cl)o1. The lowest BCUT2D eigenvalue weighted by molar-refractivity contribution is 0.466. The highest BCUT2D eigenvalue weighted by molar-refractivity contribution is 7.98. The van der Waals surface area contributed by atoms with E-state index in [1.807, 2.05) is 0 Å². The molecule has 0 saturated heterocycles. The van der Waals surface area contributed by atoms with Crippen LogP contribution < -0.4 is 0 Å². The molecule has 0 atom stereocenters. The Morgan fingerprint density at radius 1 is 1.09 bits per heavy atom. The van der Waals surface area contributed by atoms with Crippen molar-refractivity contribution in [1.29, 1.82) is 0 Å². The lowest BCUT2D eigenvalue weighted by atomic mass is 10.2. The van der Waals surface area contributed by atoms with Gasteiger partial charge in [0.2, 0.25) is 5.89 Å². The topological polar surface area (TPSA) is 38.9 Å². The Morgan fingerprint density at radius 3 is 2.68 bits per heavy atom. The quantitative estimate of drug-likeness (QED) is 0.582. The molecule has 0 radical (unpaired) electrons. The Balaban J connectivity index is 1.75. The van der Waals surface area contributed by atoms with Crippen molar-refractivity contribution >= 4 is 35.0 Å². The van der Waals surface area contributed by atoms with Crippen LogP contribution in [0.3, 0.4) is 0 Å². The average Bonchev–Trinajstić information content (AvgIpc) is 2.95.